The topological polar surface area (TPSA) is 186 Å². The number of likely N-dealkylation sites (N-methyl/N-ethyl adjacent to an activating group) is 1. The summed E-state index contributed by atoms with van der Waals surface area (Å²) in [6.07, 6.45) is -1.20. The van der Waals surface area contributed by atoms with E-state index >= 15 is 0 Å². The van der Waals surface area contributed by atoms with Crippen LogP contribution in [-0.4, -0.2) is 74.7 Å². The van der Waals surface area contributed by atoms with Crippen LogP contribution in [0.25, 0.3) is 5.57 Å². The molecule has 3 rings (SSSR count). The van der Waals surface area contributed by atoms with E-state index in [1.54, 1.807) is 30.0 Å². The highest BCUT2D eigenvalue weighted by molar-refractivity contribution is 5.89. The smallest absolute Gasteiger partial charge is 0.323 e. The number of nitrogens with zero attached hydrogens (tertiary/aromatic N) is 2. The zero-order valence-electron chi connectivity index (χ0n) is 19.4. The lowest BCUT2D eigenvalue weighted by atomic mass is 9.73. The van der Waals surface area contributed by atoms with Crippen molar-refractivity contribution in [2.75, 3.05) is 36.0 Å². The highest BCUT2D eigenvalue weighted by atomic mass is 16.4. The molecule has 2 aromatic carbocycles. The number of hydrogen-bond acceptors (Lipinski definition) is 8. The molecule has 8 N–H and O–H groups in total. The van der Waals surface area contributed by atoms with Crippen LogP contribution in [-0.2, 0) is 4.79 Å². The number of phenolic OH excluding ortho intramolecular Hbond substituents is 2. The van der Waals surface area contributed by atoms with Crippen LogP contribution in [0.1, 0.15) is 31.9 Å². The van der Waals surface area contributed by atoms with Crippen LogP contribution in [0, 0.1) is 5.92 Å². The van der Waals surface area contributed by atoms with Gasteiger partial charge in [-0.3, -0.25) is 4.79 Å². The Morgan fingerprint density at radius 1 is 0.912 bits per heavy atom. The Labute approximate surface area is 198 Å². The highest BCUT2D eigenvalue weighted by Crippen LogP contribution is 2.50. The predicted octanol–water partition coefficient (Wildman–Crippen LogP) is 2.12. The van der Waals surface area contributed by atoms with Gasteiger partial charge in [0.05, 0.1) is 11.3 Å². The van der Waals surface area contributed by atoms with Gasteiger partial charge in [-0.2, -0.15) is 0 Å². The molecule has 186 valence electrons. The highest BCUT2D eigenvalue weighted by Gasteiger charge is 2.51. The summed E-state index contributed by atoms with van der Waals surface area (Å²) in [7, 11) is 0. The van der Waals surface area contributed by atoms with Crippen LogP contribution in [0.15, 0.2) is 42.2 Å². The van der Waals surface area contributed by atoms with Gasteiger partial charge in [0.15, 0.2) is 6.10 Å². The normalized spacial score (nSPS) is 14.6. The fourth-order valence-electron chi connectivity index (χ4n) is 4.05. The van der Waals surface area contributed by atoms with Crippen molar-refractivity contribution < 1.29 is 41.3 Å². The van der Waals surface area contributed by atoms with Gasteiger partial charge in [-0.25, -0.2) is 0 Å². The van der Waals surface area contributed by atoms with Crippen molar-refractivity contribution >= 4 is 22.9 Å². The number of rotatable bonds is 9. The molecule has 1 unspecified atom stereocenters. The number of aliphatic carboxylic acids is 1. The Morgan fingerprint density at radius 2 is 1.44 bits per heavy atom. The van der Waals surface area contributed by atoms with Gasteiger partial charge in [0.2, 0.25) is 11.5 Å². The van der Waals surface area contributed by atoms with E-state index in [0.29, 0.717) is 17.8 Å². The van der Waals surface area contributed by atoms with Crippen molar-refractivity contribution in [2.45, 2.75) is 26.9 Å². The van der Waals surface area contributed by atoms with Crippen molar-refractivity contribution in [1.29, 1.82) is 0 Å². The molecular formula is C24H32N2O8. The second-order valence-corrected chi connectivity index (χ2v) is 7.56. The van der Waals surface area contributed by atoms with Gasteiger partial charge in [0.25, 0.3) is 0 Å². The van der Waals surface area contributed by atoms with Crippen LogP contribution in [0.4, 0.5) is 11.4 Å². The number of aliphatic hydroxyl groups is 2. The SMILES string of the molecule is CCN(CC)c1ccc(C2=C(O)[C+](c3ccc(N(CC)CC(=O)O)cc3O)C2O)c(O)c1.O.[OH-]. The molecule has 0 fully saturated rings. The maximum atomic E-state index is 11.0. The second-order valence-electron chi connectivity index (χ2n) is 7.56. The summed E-state index contributed by atoms with van der Waals surface area (Å²) in [5, 5.41) is 51.5. The maximum Gasteiger partial charge on any atom is 0.323 e. The Hall–Kier alpha value is -3.60. The molecule has 0 radical (unpaired) electrons. The largest absolute Gasteiger partial charge is 0.870 e. The van der Waals surface area contributed by atoms with E-state index in [1.165, 1.54) is 12.1 Å². The van der Waals surface area contributed by atoms with Gasteiger partial charge in [0, 0.05) is 49.6 Å². The molecule has 2 aromatic rings. The van der Waals surface area contributed by atoms with E-state index in [1.807, 2.05) is 19.9 Å². The van der Waals surface area contributed by atoms with Gasteiger partial charge >= 0.3 is 5.97 Å². The van der Waals surface area contributed by atoms with Crippen molar-refractivity contribution in [3.8, 4) is 11.5 Å². The lowest BCUT2D eigenvalue weighted by molar-refractivity contribution is -0.135. The lowest BCUT2D eigenvalue weighted by Gasteiger charge is -2.30. The third kappa shape index (κ3) is 5.14. The molecule has 0 aromatic heterocycles. The minimum atomic E-state index is -1.20. The average molecular weight is 477 g/mol. The first-order valence-electron chi connectivity index (χ1n) is 10.6. The van der Waals surface area contributed by atoms with Crippen LogP contribution in [0.5, 0.6) is 11.5 Å². The molecule has 0 spiro atoms. The molecule has 0 amide bonds. The maximum absolute atomic E-state index is 11.0. The van der Waals surface area contributed by atoms with Gasteiger partial charge in [-0.1, -0.05) is 0 Å². The Bertz CT molecular complexity index is 1040. The number of carboxylic acids is 1. The quantitative estimate of drug-likeness (QED) is 0.338. The van der Waals surface area contributed by atoms with Crippen molar-refractivity contribution in [3.63, 3.8) is 0 Å². The second kappa shape index (κ2) is 11.5. The molecule has 0 aliphatic heterocycles. The van der Waals surface area contributed by atoms with Crippen LogP contribution >= 0.6 is 0 Å². The number of carboxylic acid groups (broad SMARTS) is 1. The third-order valence-electron chi connectivity index (χ3n) is 5.80. The summed E-state index contributed by atoms with van der Waals surface area (Å²) in [4.78, 5) is 14.7. The Kier molecular flexibility index (Phi) is 9.62. The fourth-order valence-corrected chi connectivity index (χ4v) is 4.05. The molecule has 1 aliphatic carbocycles. The van der Waals surface area contributed by atoms with E-state index in [4.69, 9.17) is 5.11 Å². The number of phenols is 2. The van der Waals surface area contributed by atoms with E-state index in [9.17, 15) is 25.2 Å². The van der Waals surface area contributed by atoms with Crippen molar-refractivity contribution in [1.82, 2.24) is 0 Å². The summed E-state index contributed by atoms with van der Waals surface area (Å²) < 4.78 is 0. The molecule has 10 heteroatoms. The zero-order valence-corrected chi connectivity index (χ0v) is 19.4. The molecule has 0 bridgehead atoms. The molecule has 34 heavy (non-hydrogen) atoms. The molecular weight excluding hydrogens is 444 g/mol. The summed E-state index contributed by atoms with van der Waals surface area (Å²) >= 11 is 0. The van der Waals surface area contributed by atoms with E-state index in [-0.39, 0.29) is 51.8 Å². The molecule has 10 nitrogen and oxygen atoms in total. The number of hydrogen-bond donors (Lipinski definition) is 5. The van der Waals surface area contributed by atoms with Gasteiger partial charge in [0.1, 0.15) is 29.3 Å². The molecule has 1 atom stereocenters. The van der Waals surface area contributed by atoms with Crippen LogP contribution in [0.3, 0.4) is 0 Å². The number of aliphatic hydroxyl groups excluding tert-OH is 2. The molecule has 0 heterocycles. The van der Waals surface area contributed by atoms with Crippen LogP contribution < -0.4 is 9.80 Å². The fraction of sp³-hybridized carbons (Fsp3) is 0.333. The van der Waals surface area contributed by atoms with Gasteiger partial charge < -0.3 is 46.3 Å². The first-order chi connectivity index (χ1) is 15.2. The third-order valence-corrected chi connectivity index (χ3v) is 5.80. The number of benzene rings is 2. The standard InChI is InChI=1S/C24H28N2O6.2H2O/c1-4-25(5-2)14-7-9-16(18(27)11-14)21-23(31)22(24(21)32)17-10-8-15(12-19(17)28)26(6-3)13-20(29)30;;/h7-12,23,31H,4-6,13H2,1-3H3,(H3-,27,28,29,30,32);2*1H2. The number of aromatic hydroxyl groups is 2. The Morgan fingerprint density at radius 3 is 1.91 bits per heavy atom. The zero-order chi connectivity index (χ0) is 23.6. The monoisotopic (exact) mass is 476 g/mol. The number of anilines is 2. The number of carbonyl (C=O) groups is 1. The minimum absolute atomic E-state index is 0. The summed E-state index contributed by atoms with van der Waals surface area (Å²) in [5.74, 6) is -1.29. The van der Waals surface area contributed by atoms with E-state index < -0.39 is 12.1 Å². The first-order valence-corrected chi connectivity index (χ1v) is 10.6. The summed E-state index contributed by atoms with van der Waals surface area (Å²) in [6, 6.07) is 9.64. The molecule has 0 saturated heterocycles. The van der Waals surface area contributed by atoms with Crippen molar-refractivity contribution in [2.24, 2.45) is 0 Å². The van der Waals surface area contributed by atoms with Gasteiger partial charge in [-0.15, -0.1) is 0 Å². The summed E-state index contributed by atoms with van der Waals surface area (Å²) in [6.45, 7) is 7.60. The lowest BCUT2D eigenvalue weighted by Crippen LogP contribution is -2.34. The summed E-state index contributed by atoms with van der Waals surface area (Å²) in [5.41, 5.74) is 2.11. The average Bonchev–Trinajstić information content (AvgIpc) is 2.76. The van der Waals surface area contributed by atoms with Gasteiger partial charge in [-0.05, 0) is 32.9 Å². The minimum Gasteiger partial charge on any atom is -0.870 e. The molecule has 0 saturated carbocycles. The predicted molar refractivity (Wildman–Crippen MR) is 129 cm³/mol. The van der Waals surface area contributed by atoms with Crippen molar-refractivity contribution in [3.05, 3.63) is 59.2 Å². The van der Waals surface area contributed by atoms with E-state index in [0.717, 1.165) is 18.8 Å². The van der Waals surface area contributed by atoms with Crippen LogP contribution in [0.2, 0.25) is 0 Å². The molecule has 1 aliphatic rings. The Balaban J connectivity index is 0.00000289. The first kappa shape index (κ1) is 28.4. The van der Waals surface area contributed by atoms with E-state index in [2.05, 4.69) is 4.90 Å².